The number of hydrogen-bond acceptors (Lipinski definition) is 5. The second-order valence-electron chi connectivity index (χ2n) is 9.20. The van der Waals surface area contributed by atoms with Crippen molar-refractivity contribution in [3.63, 3.8) is 0 Å². The van der Waals surface area contributed by atoms with E-state index in [1.54, 1.807) is 32.9 Å². The van der Waals surface area contributed by atoms with Gasteiger partial charge in [0.1, 0.15) is 6.10 Å². The summed E-state index contributed by atoms with van der Waals surface area (Å²) in [6.07, 6.45) is 4.33. The van der Waals surface area contributed by atoms with Crippen molar-refractivity contribution in [2.24, 2.45) is 23.2 Å². The van der Waals surface area contributed by atoms with Crippen molar-refractivity contribution < 1.29 is 23.9 Å². The van der Waals surface area contributed by atoms with E-state index in [1.807, 2.05) is 13.8 Å². The van der Waals surface area contributed by atoms with Crippen LogP contribution in [0.15, 0.2) is 35.5 Å². The van der Waals surface area contributed by atoms with Crippen LogP contribution in [-0.2, 0) is 23.9 Å². The maximum absolute atomic E-state index is 13.3. The van der Waals surface area contributed by atoms with Crippen molar-refractivity contribution in [3.05, 3.63) is 35.5 Å². The van der Waals surface area contributed by atoms with E-state index in [1.165, 1.54) is 0 Å². The number of ketones is 1. The molecule has 0 radical (unpaired) electrons. The normalized spacial score (nSPS) is 34.8. The Balaban J connectivity index is 2.37. The van der Waals surface area contributed by atoms with Gasteiger partial charge in [-0.3, -0.25) is 4.79 Å². The van der Waals surface area contributed by atoms with Crippen molar-refractivity contribution in [1.29, 1.82) is 0 Å². The minimum absolute atomic E-state index is 0.0174. The average Bonchev–Trinajstić information content (AvgIpc) is 2.71. The zero-order valence-corrected chi connectivity index (χ0v) is 19.4. The molecule has 2 fully saturated rings. The monoisotopic (exact) mass is 416 g/mol. The highest BCUT2D eigenvalue weighted by molar-refractivity contribution is 5.94. The summed E-state index contributed by atoms with van der Waals surface area (Å²) in [6.45, 7) is 17.1. The van der Waals surface area contributed by atoms with Crippen LogP contribution in [0, 0.1) is 23.2 Å². The molecule has 0 heterocycles. The summed E-state index contributed by atoms with van der Waals surface area (Å²) in [5.74, 6) is -1.28. The quantitative estimate of drug-likeness (QED) is 0.360. The molecule has 166 valence electrons. The average molecular weight is 417 g/mol. The fraction of sp³-hybridized carbons (Fsp3) is 0.640. The third-order valence-corrected chi connectivity index (χ3v) is 7.44. The van der Waals surface area contributed by atoms with E-state index in [0.717, 1.165) is 5.57 Å². The molecule has 0 aromatic rings. The third-order valence-electron chi connectivity index (χ3n) is 7.44. The van der Waals surface area contributed by atoms with Gasteiger partial charge in [0.05, 0.1) is 0 Å². The molecule has 2 saturated carbocycles. The summed E-state index contributed by atoms with van der Waals surface area (Å²) in [6, 6.07) is 0. The molecule has 2 rings (SSSR count). The smallest absolute Gasteiger partial charge is 0.334 e. The number of rotatable bonds is 5. The Kier molecular flexibility index (Phi) is 7.49. The number of carbonyl (C=O) groups is 3. The van der Waals surface area contributed by atoms with E-state index >= 15 is 0 Å². The molecule has 5 heteroatoms. The lowest BCUT2D eigenvalue weighted by Gasteiger charge is -2.55. The molecule has 0 saturated heterocycles. The van der Waals surface area contributed by atoms with Crippen molar-refractivity contribution in [1.82, 2.24) is 0 Å². The van der Waals surface area contributed by atoms with Gasteiger partial charge in [-0.25, -0.2) is 9.59 Å². The van der Waals surface area contributed by atoms with Crippen LogP contribution in [0.3, 0.4) is 0 Å². The Hall–Kier alpha value is -2.17. The predicted octanol–water partition coefficient (Wildman–Crippen LogP) is 4.96. The first-order valence-electron chi connectivity index (χ1n) is 10.8. The van der Waals surface area contributed by atoms with Crippen LogP contribution in [-0.4, -0.2) is 29.9 Å². The molecule has 0 amide bonds. The summed E-state index contributed by atoms with van der Waals surface area (Å²) in [5.41, 5.74) is 1.53. The van der Waals surface area contributed by atoms with Crippen LogP contribution in [0.25, 0.3) is 0 Å². The van der Waals surface area contributed by atoms with Crippen LogP contribution in [0.5, 0.6) is 0 Å². The van der Waals surface area contributed by atoms with Crippen molar-refractivity contribution in [2.45, 2.75) is 79.9 Å². The van der Waals surface area contributed by atoms with E-state index in [4.69, 9.17) is 9.47 Å². The van der Waals surface area contributed by atoms with Gasteiger partial charge in [-0.2, -0.15) is 0 Å². The van der Waals surface area contributed by atoms with Crippen LogP contribution < -0.4 is 0 Å². The molecule has 6 atom stereocenters. The van der Waals surface area contributed by atoms with Gasteiger partial charge in [-0.15, -0.1) is 0 Å². The van der Waals surface area contributed by atoms with Gasteiger partial charge in [-0.05, 0) is 65.2 Å². The Morgan fingerprint density at radius 1 is 1.03 bits per heavy atom. The lowest BCUT2D eigenvalue weighted by Crippen LogP contribution is -2.58. The number of hydrogen-bond donors (Lipinski definition) is 0. The van der Waals surface area contributed by atoms with Gasteiger partial charge < -0.3 is 9.47 Å². The maximum Gasteiger partial charge on any atom is 0.334 e. The molecule has 0 aromatic heterocycles. The highest BCUT2D eigenvalue weighted by Gasteiger charge is 2.58. The minimum atomic E-state index is -0.802. The first-order valence-corrected chi connectivity index (χ1v) is 10.8. The fourth-order valence-electron chi connectivity index (χ4n) is 4.85. The molecule has 0 N–H and O–H groups in total. The number of fused-ring (bicyclic) bond motifs is 1. The van der Waals surface area contributed by atoms with Crippen molar-refractivity contribution >= 4 is 17.7 Å². The van der Waals surface area contributed by atoms with Gasteiger partial charge in [-0.1, -0.05) is 38.2 Å². The van der Waals surface area contributed by atoms with Crippen LogP contribution in [0.2, 0.25) is 0 Å². The molecule has 0 aromatic carbocycles. The number of esters is 2. The molecular weight excluding hydrogens is 380 g/mol. The number of allylic oxidation sites excluding steroid dienone is 3. The van der Waals surface area contributed by atoms with Crippen molar-refractivity contribution in [2.75, 3.05) is 0 Å². The fourth-order valence-corrected chi connectivity index (χ4v) is 4.85. The molecule has 0 aliphatic heterocycles. The van der Waals surface area contributed by atoms with E-state index in [0.29, 0.717) is 30.4 Å². The molecular formula is C25H36O5. The lowest BCUT2D eigenvalue weighted by atomic mass is 9.51. The second-order valence-corrected chi connectivity index (χ2v) is 9.20. The molecule has 5 nitrogen and oxygen atoms in total. The topological polar surface area (TPSA) is 69.7 Å². The molecule has 2 aliphatic rings. The van der Waals surface area contributed by atoms with E-state index in [9.17, 15) is 14.4 Å². The number of ether oxygens (including phenoxy) is 2. The van der Waals surface area contributed by atoms with Crippen LogP contribution >= 0.6 is 0 Å². The third kappa shape index (κ3) is 4.45. The summed E-state index contributed by atoms with van der Waals surface area (Å²) in [5, 5.41) is 0. The van der Waals surface area contributed by atoms with E-state index in [-0.39, 0.29) is 41.0 Å². The molecule has 30 heavy (non-hydrogen) atoms. The molecule has 0 spiro atoms. The second kappa shape index (κ2) is 9.32. The number of Topliss-reactive ketones (excluding diaryl/α,β-unsaturated/α-hetero) is 1. The van der Waals surface area contributed by atoms with Gasteiger partial charge in [0.15, 0.2) is 11.9 Å². The van der Waals surface area contributed by atoms with Gasteiger partial charge in [0.25, 0.3) is 0 Å². The molecule has 0 bridgehead atoms. The van der Waals surface area contributed by atoms with Gasteiger partial charge in [0, 0.05) is 23.0 Å². The summed E-state index contributed by atoms with van der Waals surface area (Å²) in [7, 11) is 0. The molecule has 6 unspecified atom stereocenters. The Morgan fingerprint density at radius 3 is 2.07 bits per heavy atom. The first kappa shape index (κ1) is 24.1. The first-order chi connectivity index (χ1) is 14.0. The minimum Gasteiger partial charge on any atom is -0.459 e. The molecule has 2 aliphatic carbocycles. The standard InChI is InChI=1S/C25H36O5/c1-9-15(5)23(27)29-20-12-11-19-22(30-24(28)16(6)10-2)21(26)18(14(3)4)13-25(19,8)17(20)7/h9-10,17-20,22H,3,11-13H2,1-2,4-8H3. The SMILES string of the molecule is C=C(C)C1CC2(C)C(C)C(OC(=O)C(C)=CC)CCC2C(OC(=O)C(C)=CC)C1=O. The summed E-state index contributed by atoms with van der Waals surface area (Å²) >= 11 is 0. The Bertz CT molecular complexity index is 789. The lowest BCUT2D eigenvalue weighted by molar-refractivity contribution is -0.183. The zero-order chi connectivity index (χ0) is 22.8. The van der Waals surface area contributed by atoms with Crippen molar-refractivity contribution in [3.8, 4) is 0 Å². The Labute approximate surface area is 180 Å². The van der Waals surface area contributed by atoms with E-state index < -0.39 is 12.1 Å². The zero-order valence-electron chi connectivity index (χ0n) is 19.4. The largest absolute Gasteiger partial charge is 0.459 e. The number of carbonyl (C=O) groups excluding carboxylic acids is 3. The Morgan fingerprint density at radius 2 is 1.57 bits per heavy atom. The van der Waals surface area contributed by atoms with Gasteiger partial charge in [0.2, 0.25) is 0 Å². The predicted molar refractivity (Wildman–Crippen MR) is 117 cm³/mol. The van der Waals surface area contributed by atoms with Crippen LogP contribution in [0.1, 0.15) is 67.7 Å². The summed E-state index contributed by atoms with van der Waals surface area (Å²) in [4.78, 5) is 38.1. The highest BCUT2D eigenvalue weighted by Crippen LogP contribution is 2.56. The van der Waals surface area contributed by atoms with Gasteiger partial charge >= 0.3 is 11.9 Å². The van der Waals surface area contributed by atoms with Crippen LogP contribution in [0.4, 0.5) is 0 Å². The summed E-state index contributed by atoms with van der Waals surface area (Å²) < 4.78 is 11.6. The maximum atomic E-state index is 13.3. The highest BCUT2D eigenvalue weighted by atomic mass is 16.6. The van der Waals surface area contributed by atoms with E-state index in [2.05, 4.69) is 20.4 Å².